The molecule has 6 heteroatoms. The van der Waals surface area contributed by atoms with E-state index in [4.69, 9.17) is 4.74 Å². The maximum atomic E-state index is 12.9. The van der Waals surface area contributed by atoms with Crippen molar-refractivity contribution in [1.82, 2.24) is 14.4 Å². The normalized spacial score (nSPS) is 20.5. The van der Waals surface area contributed by atoms with E-state index >= 15 is 0 Å². The summed E-state index contributed by atoms with van der Waals surface area (Å²) in [6.07, 6.45) is 6.23. The maximum absolute atomic E-state index is 12.9. The van der Waals surface area contributed by atoms with Crippen LogP contribution in [0.5, 0.6) is 0 Å². The molecule has 0 saturated carbocycles. The van der Waals surface area contributed by atoms with Crippen LogP contribution < -0.4 is 0 Å². The molecule has 6 nitrogen and oxygen atoms in total. The average molecular weight is 367 g/mol. The second-order valence-corrected chi connectivity index (χ2v) is 7.11. The van der Waals surface area contributed by atoms with Gasteiger partial charge in [0.15, 0.2) is 0 Å². The summed E-state index contributed by atoms with van der Waals surface area (Å²) in [5.41, 5.74) is 1.71. The number of carbonyl (C=O) groups excluding carboxylic acids is 2. The molecule has 27 heavy (non-hydrogen) atoms. The molecular formula is C21H25N3O3. The number of hydrogen-bond acceptors (Lipinski definition) is 3. The predicted octanol–water partition coefficient (Wildman–Crippen LogP) is 2.33. The van der Waals surface area contributed by atoms with Gasteiger partial charge in [-0.3, -0.25) is 9.59 Å². The molecular weight excluding hydrogens is 342 g/mol. The van der Waals surface area contributed by atoms with E-state index < -0.39 is 0 Å². The van der Waals surface area contributed by atoms with Crippen LogP contribution in [0, 0.1) is 0 Å². The Morgan fingerprint density at radius 2 is 1.59 bits per heavy atom. The van der Waals surface area contributed by atoms with Crippen molar-refractivity contribution >= 4 is 11.8 Å². The number of benzene rings is 1. The summed E-state index contributed by atoms with van der Waals surface area (Å²) in [5.74, 6) is 0.110. The number of aromatic nitrogens is 1. The molecule has 4 rings (SSSR count). The third-order valence-corrected chi connectivity index (χ3v) is 5.32. The van der Waals surface area contributed by atoms with E-state index in [-0.39, 0.29) is 17.9 Å². The first kappa shape index (κ1) is 17.8. The van der Waals surface area contributed by atoms with Gasteiger partial charge >= 0.3 is 0 Å². The first-order chi connectivity index (χ1) is 13.2. The Morgan fingerprint density at radius 3 is 2.30 bits per heavy atom. The van der Waals surface area contributed by atoms with Gasteiger partial charge in [0.1, 0.15) is 6.10 Å². The molecule has 3 heterocycles. The van der Waals surface area contributed by atoms with Gasteiger partial charge in [-0.2, -0.15) is 0 Å². The van der Waals surface area contributed by atoms with E-state index in [1.54, 1.807) is 0 Å². The smallest absolute Gasteiger partial charge is 0.253 e. The molecule has 1 atom stereocenters. The average Bonchev–Trinajstić information content (AvgIpc) is 3.38. The highest BCUT2D eigenvalue weighted by Crippen LogP contribution is 2.17. The van der Waals surface area contributed by atoms with E-state index in [1.165, 1.54) is 0 Å². The molecule has 142 valence electrons. The van der Waals surface area contributed by atoms with Crippen molar-refractivity contribution in [3.63, 3.8) is 0 Å². The molecule has 0 spiro atoms. The Labute approximate surface area is 159 Å². The lowest BCUT2D eigenvalue weighted by molar-refractivity contribution is -0.140. The van der Waals surface area contributed by atoms with Crippen LogP contribution in [-0.4, -0.2) is 65.1 Å². The SMILES string of the molecule is O=C(c1ccc(-n2cccc2)cc1)N1CCCN(C(=O)C2CCCO2)CC1. The lowest BCUT2D eigenvalue weighted by atomic mass is 10.1. The third-order valence-electron chi connectivity index (χ3n) is 5.32. The number of carbonyl (C=O) groups is 2. The molecule has 1 unspecified atom stereocenters. The van der Waals surface area contributed by atoms with Crippen LogP contribution >= 0.6 is 0 Å². The quantitative estimate of drug-likeness (QED) is 0.837. The first-order valence-electron chi connectivity index (χ1n) is 9.65. The van der Waals surface area contributed by atoms with E-state index in [1.807, 2.05) is 63.2 Å². The van der Waals surface area contributed by atoms with E-state index in [2.05, 4.69) is 0 Å². The number of nitrogens with zero attached hydrogens (tertiary/aromatic N) is 3. The lowest BCUT2D eigenvalue weighted by Crippen LogP contribution is -2.41. The minimum atomic E-state index is -0.284. The molecule has 0 bridgehead atoms. The van der Waals surface area contributed by atoms with E-state index in [0.717, 1.165) is 24.9 Å². The minimum absolute atomic E-state index is 0.0282. The fourth-order valence-electron chi connectivity index (χ4n) is 3.78. The summed E-state index contributed by atoms with van der Waals surface area (Å²) in [6, 6.07) is 11.6. The van der Waals surface area contributed by atoms with Crippen molar-refractivity contribution in [2.75, 3.05) is 32.8 Å². The minimum Gasteiger partial charge on any atom is -0.368 e. The van der Waals surface area contributed by atoms with Crippen molar-refractivity contribution in [2.24, 2.45) is 0 Å². The highest BCUT2D eigenvalue weighted by Gasteiger charge is 2.30. The van der Waals surface area contributed by atoms with Gasteiger partial charge in [0.05, 0.1) is 0 Å². The molecule has 2 saturated heterocycles. The second kappa shape index (κ2) is 7.96. The zero-order chi connectivity index (χ0) is 18.6. The Kier molecular flexibility index (Phi) is 5.25. The van der Waals surface area contributed by atoms with Crippen LogP contribution in [0.15, 0.2) is 48.8 Å². The fraction of sp³-hybridized carbons (Fsp3) is 0.429. The Hall–Kier alpha value is -2.60. The maximum Gasteiger partial charge on any atom is 0.253 e. The van der Waals surface area contributed by atoms with Gasteiger partial charge in [0.25, 0.3) is 11.8 Å². The number of rotatable bonds is 3. The molecule has 1 aromatic heterocycles. The van der Waals surface area contributed by atoms with Crippen molar-refractivity contribution in [3.8, 4) is 5.69 Å². The van der Waals surface area contributed by atoms with Gasteiger partial charge in [0, 0.05) is 56.4 Å². The van der Waals surface area contributed by atoms with Crippen LogP contribution in [0.25, 0.3) is 5.69 Å². The van der Waals surface area contributed by atoms with Crippen LogP contribution in [0.4, 0.5) is 0 Å². The topological polar surface area (TPSA) is 54.8 Å². The van der Waals surface area contributed by atoms with Gasteiger partial charge in [0.2, 0.25) is 0 Å². The van der Waals surface area contributed by atoms with Gasteiger partial charge < -0.3 is 19.1 Å². The Balaban J connectivity index is 1.38. The summed E-state index contributed by atoms with van der Waals surface area (Å²) >= 11 is 0. The first-order valence-corrected chi connectivity index (χ1v) is 9.65. The Morgan fingerprint density at radius 1 is 0.889 bits per heavy atom. The van der Waals surface area contributed by atoms with Gasteiger partial charge in [-0.05, 0) is 55.7 Å². The summed E-state index contributed by atoms with van der Waals surface area (Å²) in [4.78, 5) is 29.1. The lowest BCUT2D eigenvalue weighted by Gasteiger charge is -2.24. The van der Waals surface area contributed by atoms with Crippen molar-refractivity contribution in [3.05, 3.63) is 54.4 Å². The van der Waals surface area contributed by atoms with Gasteiger partial charge in [-0.1, -0.05) is 0 Å². The summed E-state index contributed by atoms with van der Waals surface area (Å²) < 4.78 is 7.53. The Bertz CT molecular complexity index is 780. The monoisotopic (exact) mass is 367 g/mol. The number of amides is 2. The van der Waals surface area contributed by atoms with E-state index in [9.17, 15) is 9.59 Å². The zero-order valence-electron chi connectivity index (χ0n) is 15.4. The zero-order valence-corrected chi connectivity index (χ0v) is 15.4. The van der Waals surface area contributed by atoms with Gasteiger partial charge in [-0.15, -0.1) is 0 Å². The van der Waals surface area contributed by atoms with Crippen LogP contribution in [0.1, 0.15) is 29.6 Å². The second-order valence-electron chi connectivity index (χ2n) is 7.11. The van der Waals surface area contributed by atoms with E-state index in [0.29, 0.717) is 38.3 Å². The molecule has 2 aromatic rings. The van der Waals surface area contributed by atoms with Crippen LogP contribution in [-0.2, 0) is 9.53 Å². The molecule has 0 aliphatic carbocycles. The fourth-order valence-corrected chi connectivity index (χ4v) is 3.78. The highest BCUT2D eigenvalue weighted by molar-refractivity contribution is 5.94. The van der Waals surface area contributed by atoms with Crippen molar-refractivity contribution in [2.45, 2.75) is 25.4 Å². The summed E-state index contributed by atoms with van der Waals surface area (Å²) in [7, 11) is 0. The molecule has 2 aliphatic heterocycles. The van der Waals surface area contributed by atoms with Crippen LogP contribution in [0.3, 0.4) is 0 Å². The standard InChI is InChI=1S/C21H25N3O3/c25-20(17-6-8-18(9-7-17)22-10-1-2-11-22)23-12-4-13-24(15-14-23)21(26)19-5-3-16-27-19/h1-2,6-11,19H,3-5,12-16H2. The number of ether oxygens (including phenoxy) is 1. The molecule has 0 N–H and O–H groups in total. The highest BCUT2D eigenvalue weighted by atomic mass is 16.5. The van der Waals surface area contributed by atoms with Gasteiger partial charge in [-0.25, -0.2) is 0 Å². The van der Waals surface area contributed by atoms with Crippen LogP contribution in [0.2, 0.25) is 0 Å². The molecule has 2 fully saturated rings. The number of hydrogen-bond donors (Lipinski definition) is 0. The van der Waals surface area contributed by atoms with Crippen molar-refractivity contribution < 1.29 is 14.3 Å². The summed E-state index contributed by atoms with van der Waals surface area (Å²) in [6.45, 7) is 3.18. The molecule has 1 aromatic carbocycles. The molecule has 0 radical (unpaired) electrons. The predicted molar refractivity (Wildman–Crippen MR) is 102 cm³/mol. The molecule has 2 aliphatic rings. The molecule has 2 amide bonds. The van der Waals surface area contributed by atoms with Crippen molar-refractivity contribution in [1.29, 1.82) is 0 Å². The third kappa shape index (κ3) is 3.90. The summed E-state index contributed by atoms with van der Waals surface area (Å²) in [5, 5.41) is 0. The largest absolute Gasteiger partial charge is 0.368 e.